The molecule has 0 radical (unpaired) electrons. The average molecular weight is 543 g/mol. The number of hydrogen-bond acceptors (Lipinski definition) is 7. The molecule has 1 aromatic heterocycles. The molecule has 2 aliphatic heterocycles. The predicted octanol–water partition coefficient (Wildman–Crippen LogP) is 0.288. The van der Waals surface area contributed by atoms with Crippen LogP contribution >= 0.6 is 0 Å². The molecule has 4 rings (SSSR count). The summed E-state index contributed by atoms with van der Waals surface area (Å²) in [4.78, 5) is 55.0. The molecule has 3 heterocycles. The minimum Gasteiger partial charge on any atom is -0.381 e. The lowest BCUT2D eigenvalue weighted by Crippen LogP contribution is -2.56. The van der Waals surface area contributed by atoms with Gasteiger partial charge in [0, 0.05) is 38.2 Å². The summed E-state index contributed by atoms with van der Waals surface area (Å²) in [6, 6.07) is 9.25. The van der Waals surface area contributed by atoms with Crippen molar-refractivity contribution in [3.63, 3.8) is 0 Å². The van der Waals surface area contributed by atoms with E-state index in [0.717, 1.165) is 0 Å². The number of likely N-dealkylation sites (tertiary alicyclic amines) is 1. The molecular formula is C26H28F2N6O5. The van der Waals surface area contributed by atoms with Gasteiger partial charge in [0.1, 0.15) is 11.8 Å². The Morgan fingerprint density at radius 3 is 2.54 bits per heavy atom. The molecule has 0 aliphatic carbocycles. The van der Waals surface area contributed by atoms with E-state index in [4.69, 9.17) is 0 Å². The Labute approximate surface area is 222 Å². The van der Waals surface area contributed by atoms with Gasteiger partial charge in [-0.15, -0.1) is 0 Å². The molecule has 11 nitrogen and oxygen atoms in total. The van der Waals surface area contributed by atoms with Gasteiger partial charge in [-0.3, -0.25) is 24.2 Å². The monoisotopic (exact) mass is 542 g/mol. The van der Waals surface area contributed by atoms with E-state index in [2.05, 4.69) is 26.1 Å². The highest BCUT2D eigenvalue weighted by Gasteiger charge is 2.51. The maximum atomic E-state index is 14.4. The molecule has 1 saturated heterocycles. The second kappa shape index (κ2) is 12.1. The van der Waals surface area contributed by atoms with Crippen molar-refractivity contribution in [3.8, 4) is 0 Å². The number of alkyl halides is 2. The Morgan fingerprint density at radius 2 is 1.87 bits per heavy atom. The van der Waals surface area contributed by atoms with Crippen LogP contribution in [0.15, 0.2) is 60.0 Å². The molecule has 3 atom stereocenters. The first-order chi connectivity index (χ1) is 18.6. The Morgan fingerprint density at radius 1 is 1.13 bits per heavy atom. The number of carbonyl (C=O) groups is 4. The Hall–Kier alpha value is -4.26. The summed E-state index contributed by atoms with van der Waals surface area (Å²) in [5.41, 5.74) is 3.49. The number of aliphatic hydroxyl groups excluding tert-OH is 1. The van der Waals surface area contributed by atoms with Gasteiger partial charge in [-0.1, -0.05) is 36.4 Å². The second-order valence-electron chi connectivity index (χ2n) is 9.43. The van der Waals surface area contributed by atoms with Gasteiger partial charge in [0.15, 0.2) is 6.10 Å². The molecule has 206 valence electrons. The first kappa shape index (κ1) is 27.8. The maximum Gasteiger partial charge on any atom is 0.267 e. The van der Waals surface area contributed by atoms with Crippen LogP contribution in [-0.2, 0) is 32.1 Å². The van der Waals surface area contributed by atoms with Crippen LogP contribution in [0.3, 0.4) is 0 Å². The fourth-order valence-corrected chi connectivity index (χ4v) is 4.43. The zero-order valence-electron chi connectivity index (χ0n) is 20.8. The number of halogens is 2. The maximum absolute atomic E-state index is 14.4. The molecule has 39 heavy (non-hydrogen) atoms. The SMILES string of the molecule is O=C1CCC(C(=O)NC(Cc2ccccc2)C(O)C(=O)N2CC(F)(F)CC2C(=O)NCc2cccnc2)=NN1. The number of aliphatic hydroxyl groups is 1. The van der Waals surface area contributed by atoms with Crippen molar-refractivity contribution in [1.29, 1.82) is 0 Å². The van der Waals surface area contributed by atoms with E-state index < -0.39 is 54.8 Å². The van der Waals surface area contributed by atoms with Gasteiger partial charge in [0.05, 0.1) is 12.6 Å². The molecule has 4 amide bonds. The largest absolute Gasteiger partial charge is 0.381 e. The van der Waals surface area contributed by atoms with E-state index in [1.807, 2.05) is 0 Å². The zero-order chi connectivity index (χ0) is 28.0. The van der Waals surface area contributed by atoms with E-state index in [-0.39, 0.29) is 37.4 Å². The quantitative estimate of drug-likeness (QED) is 0.357. The van der Waals surface area contributed by atoms with E-state index in [1.54, 1.807) is 48.7 Å². The third-order valence-electron chi connectivity index (χ3n) is 6.46. The van der Waals surface area contributed by atoms with Gasteiger partial charge in [0.2, 0.25) is 11.8 Å². The van der Waals surface area contributed by atoms with Crippen LogP contribution in [0, 0.1) is 0 Å². The topological polar surface area (TPSA) is 153 Å². The summed E-state index contributed by atoms with van der Waals surface area (Å²) in [5, 5.41) is 19.9. The van der Waals surface area contributed by atoms with Crippen LogP contribution in [0.2, 0.25) is 0 Å². The van der Waals surface area contributed by atoms with Crippen molar-refractivity contribution in [2.24, 2.45) is 5.10 Å². The number of hydrogen-bond donors (Lipinski definition) is 4. The van der Waals surface area contributed by atoms with Crippen LogP contribution in [0.4, 0.5) is 8.78 Å². The fraction of sp³-hybridized carbons (Fsp3) is 0.385. The number of amides is 4. The number of benzene rings is 1. The second-order valence-corrected chi connectivity index (χ2v) is 9.43. The van der Waals surface area contributed by atoms with Crippen molar-refractivity contribution in [3.05, 3.63) is 66.0 Å². The van der Waals surface area contributed by atoms with Crippen LogP contribution < -0.4 is 16.1 Å². The lowest BCUT2D eigenvalue weighted by molar-refractivity contribution is -0.147. The number of nitrogens with one attached hydrogen (secondary N) is 3. The predicted molar refractivity (Wildman–Crippen MR) is 134 cm³/mol. The molecule has 1 fully saturated rings. The lowest BCUT2D eigenvalue weighted by Gasteiger charge is -2.30. The van der Waals surface area contributed by atoms with E-state index in [0.29, 0.717) is 16.0 Å². The fourth-order valence-electron chi connectivity index (χ4n) is 4.43. The highest BCUT2D eigenvalue weighted by Crippen LogP contribution is 2.33. The lowest BCUT2D eigenvalue weighted by atomic mass is 9.99. The molecule has 2 aromatic rings. The van der Waals surface area contributed by atoms with Gasteiger partial charge in [-0.25, -0.2) is 14.2 Å². The number of aromatic nitrogens is 1. The van der Waals surface area contributed by atoms with E-state index in [1.165, 1.54) is 6.20 Å². The molecular weight excluding hydrogens is 514 g/mol. The van der Waals surface area contributed by atoms with Gasteiger partial charge in [-0.05, 0) is 23.6 Å². The summed E-state index contributed by atoms with van der Waals surface area (Å²) in [7, 11) is 0. The third-order valence-corrected chi connectivity index (χ3v) is 6.46. The number of rotatable bonds is 9. The molecule has 13 heteroatoms. The highest BCUT2D eigenvalue weighted by molar-refractivity contribution is 6.39. The number of pyridine rings is 1. The number of carbonyl (C=O) groups excluding carboxylic acids is 4. The van der Waals surface area contributed by atoms with Crippen LogP contribution in [0.25, 0.3) is 0 Å². The molecule has 2 aliphatic rings. The minimum atomic E-state index is -3.35. The molecule has 4 N–H and O–H groups in total. The number of nitrogens with zero attached hydrogens (tertiary/aromatic N) is 3. The molecule has 3 unspecified atom stereocenters. The summed E-state index contributed by atoms with van der Waals surface area (Å²) >= 11 is 0. The normalized spacial score (nSPS) is 19.9. The van der Waals surface area contributed by atoms with Gasteiger partial charge in [-0.2, -0.15) is 5.10 Å². The molecule has 0 bridgehead atoms. The van der Waals surface area contributed by atoms with Crippen molar-refractivity contribution < 1.29 is 33.1 Å². The summed E-state index contributed by atoms with van der Waals surface area (Å²) in [6.45, 7) is -1.04. The summed E-state index contributed by atoms with van der Waals surface area (Å²) in [5.74, 6) is -6.34. The minimum absolute atomic E-state index is 0.00678. The molecule has 0 spiro atoms. The number of hydrazone groups is 1. The van der Waals surface area contributed by atoms with E-state index in [9.17, 15) is 33.1 Å². The van der Waals surface area contributed by atoms with Crippen LogP contribution in [0.5, 0.6) is 0 Å². The average Bonchev–Trinajstić information content (AvgIpc) is 3.27. The zero-order valence-corrected chi connectivity index (χ0v) is 20.8. The van der Waals surface area contributed by atoms with Crippen molar-refractivity contribution in [2.75, 3.05) is 6.54 Å². The van der Waals surface area contributed by atoms with Crippen LogP contribution in [-0.4, -0.2) is 75.0 Å². The van der Waals surface area contributed by atoms with Crippen molar-refractivity contribution in [1.82, 2.24) is 25.9 Å². The molecule has 0 saturated carbocycles. The van der Waals surface area contributed by atoms with Crippen molar-refractivity contribution in [2.45, 2.75) is 56.3 Å². The standard InChI is InChI=1S/C26H28F2N6O5/c27-26(28)12-20(24(38)30-14-17-7-4-10-29-13-17)34(15-26)25(39)22(36)19(11-16-5-2-1-3-6-16)31-23(37)18-8-9-21(35)33-32-18/h1-7,10,13,19-20,22,36H,8-9,11-12,14-15H2,(H,30,38)(H,31,37)(H,33,35). The van der Waals surface area contributed by atoms with Gasteiger partial charge >= 0.3 is 0 Å². The first-order valence-electron chi connectivity index (χ1n) is 12.4. The van der Waals surface area contributed by atoms with Gasteiger partial charge < -0.3 is 20.6 Å². The Bertz CT molecular complexity index is 1240. The Balaban J connectivity index is 1.51. The van der Waals surface area contributed by atoms with Gasteiger partial charge in [0.25, 0.3) is 17.7 Å². The van der Waals surface area contributed by atoms with Crippen molar-refractivity contribution >= 4 is 29.3 Å². The highest BCUT2D eigenvalue weighted by atomic mass is 19.3. The summed E-state index contributed by atoms with van der Waals surface area (Å²) < 4.78 is 28.9. The smallest absolute Gasteiger partial charge is 0.267 e. The third kappa shape index (κ3) is 7.19. The Kier molecular flexibility index (Phi) is 8.59. The first-order valence-corrected chi connectivity index (χ1v) is 12.4. The molecule has 1 aromatic carbocycles. The van der Waals surface area contributed by atoms with Crippen LogP contribution in [0.1, 0.15) is 30.4 Å². The van der Waals surface area contributed by atoms with E-state index >= 15 is 0 Å². The summed E-state index contributed by atoms with van der Waals surface area (Å²) in [6.07, 6.45) is 0.280.